The molecule has 6 heteroatoms. The zero-order valence-corrected chi connectivity index (χ0v) is 15.4. The zero-order valence-electron chi connectivity index (χ0n) is 15.4. The topological polar surface area (TPSA) is 75.0 Å². The number of furan rings is 1. The lowest BCUT2D eigenvalue weighted by Crippen LogP contribution is -2.14. The summed E-state index contributed by atoms with van der Waals surface area (Å²) in [5.74, 6) is 0.442. The molecule has 0 saturated carbocycles. The third-order valence-electron chi connectivity index (χ3n) is 4.15. The van der Waals surface area contributed by atoms with E-state index in [1.807, 2.05) is 6.92 Å². The fourth-order valence-electron chi connectivity index (χ4n) is 2.71. The highest BCUT2D eigenvalue weighted by atomic mass is 16.5. The van der Waals surface area contributed by atoms with Crippen molar-refractivity contribution in [2.75, 3.05) is 20.3 Å². The van der Waals surface area contributed by atoms with Gasteiger partial charge in [0.1, 0.15) is 17.1 Å². The molecule has 6 nitrogen and oxygen atoms in total. The van der Waals surface area contributed by atoms with E-state index in [1.54, 1.807) is 56.5 Å². The van der Waals surface area contributed by atoms with Crippen molar-refractivity contribution in [3.05, 3.63) is 59.4 Å². The summed E-state index contributed by atoms with van der Waals surface area (Å²) in [7, 11) is 1.57. The van der Waals surface area contributed by atoms with Crippen molar-refractivity contribution in [1.29, 1.82) is 0 Å². The van der Waals surface area contributed by atoms with Gasteiger partial charge in [0.15, 0.2) is 12.4 Å². The zero-order chi connectivity index (χ0) is 19.4. The predicted octanol–water partition coefficient (Wildman–Crippen LogP) is 4.19. The number of esters is 1. The van der Waals surface area contributed by atoms with Crippen molar-refractivity contribution >= 4 is 22.7 Å². The van der Waals surface area contributed by atoms with Gasteiger partial charge in [0.05, 0.1) is 13.7 Å². The van der Waals surface area contributed by atoms with Gasteiger partial charge >= 0.3 is 5.97 Å². The fraction of sp³-hybridized carbons (Fsp3) is 0.238. The van der Waals surface area contributed by atoms with Crippen molar-refractivity contribution < 1.29 is 28.2 Å². The van der Waals surface area contributed by atoms with Gasteiger partial charge in [0.25, 0.3) is 0 Å². The molecule has 0 aliphatic heterocycles. The van der Waals surface area contributed by atoms with Crippen LogP contribution in [0.15, 0.2) is 46.9 Å². The van der Waals surface area contributed by atoms with Crippen LogP contribution in [-0.4, -0.2) is 32.1 Å². The van der Waals surface area contributed by atoms with Crippen molar-refractivity contribution in [2.45, 2.75) is 13.8 Å². The molecule has 1 heterocycles. The predicted molar refractivity (Wildman–Crippen MR) is 99.7 cm³/mol. The molecule has 0 aliphatic rings. The normalized spacial score (nSPS) is 10.6. The quantitative estimate of drug-likeness (QED) is 0.460. The van der Waals surface area contributed by atoms with Crippen LogP contribution in [0.5, 0.6) is 11.5 Å². The Morgan fingerprint density at radius 2 is 1.74 bits per heavy atom. The van der Waals surface area contributed by atoms with Crippen LogP contribution in [0.1, 0.15) is 33.4 Å². The van der Waals surface area contributed by atoms with Gasteiger partial charge in [-0.1, -0.05) is 0 Å². The summed E-state index contributed by atoms with van der Waals surface area (Å²) in [6, 6.07) is 11.9. The molecule has 0 spiro atoms. The van der Waals surface area contributed by atoms with E-state index in [0.29, 0.717) is 34.8 Å². The first-order valence-corrected chi connectivity index (χ1v) is 8.53. The molecular formula is C21H20O6. The van der Waals surface area contributed by atoms with Crippen molar-refractivity contribution in [3.63, 3.8) is 0 Å². The van der Waals surface area contributed by atoms with Crippen LogP contribution in [0.2, 0.25) is 0 Å². The van der Waals surface area contributed by atoms with Crippen LogP contribution < -0.4 is 9.47 Å². The third-order valence-corrected chi connectivity index (χ3v) is 4.15. The summed E-state index contributed by atoms with van der Waals surface area (Å²) >= 11 is 0. The highest BCUT2D eigenvalue weighted by Gasteiger charge is 2.20. The largest absolute Gasteiger partial charge is 0.497 e. The molecule has 0 radical (unpaired) electrons. The van der Waals surface area contributed by atoms with Gasteiger partial charge < -0.3 is 18.6 Å². The van der Waals surface area contributed by atoms with Gasteiger partial charge in [-0.2, -0.15) is 0 Å². The lowest BCUT2D eigenvalue weighted by molar-refractivity contribution is 0.0445. The van der Waals surface area contributed by atoms with Gasteiger partial charge in [-0.05, 0) is 56.3 Å². The molecule has 0 fully saturated rings. The van der Waals surface area contributed by atoms with E-state index in [0.717, 1.165) is 5.39 Å². The van der Waals surface area contributed by atoms with Crippen LogP contribution in [-0.2, 0) is 4.74 Å². The van der Waals surface area contributed by atoms with Gasteiger partial charge in [0, 0.05) is 16.5 Å². The number of hydrogen-bond acceptors (Lipinski definition) is 6. The van der Waals surface area contributed by atoms with E-state index < -0.39 is 5.97 Å². The van der Waals surface area contributed by atoms with Gasteiger partial charge in [-0.25, -0.2) is 4.79 Å². The van der Waals surface area contributed by atoms with E-state index in [-0.39, 0.29) is 18.2 Å². The highest BCUT2D eigenvalue weighted by Crippen LogP contribution is 2.29. The van der Waals surface area contributed by atoms with Gasteiger partial charge in [0.2, 0.25) is 5.76 Å². The minimum Gasteiger partial charge on any atom is -0.497 e. The van der Waals surface area contributed by atoms with Crippen LogP contribution in [0.25, 0.3) is 11.0 Å². The summed E-state index contributed by atoms with van der Waals surface area (Å²) in [6.45, 7) is 3.82. The van der Waals surface area contributed by atoms with E-state index in [1.165, 1.54) is 0 Å². The number of benzene rings is 2. The standard InChI is InChI=1S/C21H20O6/c1-4-25-15-7-5-14(6-8-15)18(22)12-26-21(23)20-13(2)17-11-16(24-3)9-10-19(17)27-20/h5-11H,4,12H2,1-3H3. The monoisotopic (exact) mass is 368 g/mol. The molecular weight excluding hydrogens is 348 g/mol. The number of ether oxygens (including phenoxy) is 3. The van der Waals surface area contributed by atoms with E-state index in [2.05, 4.69) is 0 Å². The minimum absolute atomic E-state index is 0.0812. The number of aryl methyl sites for hydroxylation is 1. The average Bonchev–Trinajstić information content (AvgIpc) is 3.02. The molecule has 27 heavy (non-hydrogen) atoms. The molecule has 0 aliphatic carbocycles. The molecule has 3 aromatic rings. The Labute approximate surface area is 156 Å². The van der Waals surface area contributed by atoms with Crippen LogP contribution in [0.3, 0.4) is 0 Å². The molecule has 0 saturated heterocycles. The number of hydrogen-bond donors (Lipinski definition) is 0. The molecule has 0 bridgehead atoms. The Kier molecular flexibility index (Phi) is 5.45. The summed E-state index contributed by atoms with van der Waals surface area (Å²) in [5.41, 5.74) is 1.64. The van der Waals surface area contributed by atoms with Crippen LogP contribution in [0, 0.1) is 6.92 Å². The number of carbonyl (C=O) groups is 2. The number of methoxy groups -OCH3 is 1. The second-order valence-electron chi connectivity index (χ2n) is 5.87. The first kappa shape index (κ1) is 18.5. The first-order chi connectivity index (χ1) is 13.0. The molecule has 3 rings (SSSR count). The molecule has 0 unspecified atom stereocenters. The smallest absolute Gasteiger partial charge is 0.375 e. The lowest BCUT2D eigenvalue weighted by Gasteiger charge is -2.05. The second-order valence-corrected chi connectivity index (χ2v) is 5.87. The number of fused-ring (bicyclic) bond motifs is 1. The fourth-order valence-corrected chi connectivity index (χ4v) is 2.71. The molecule has 0 atom stereocenters. The summed E-state index contributed by atoms with van der Waals surface area (Å²) in [4.78, 5) is 24.6. The number of Topliss-reactive ketones (excluding diaryl/α,β-unsaturated/α-hetero) is 1. The van der Waals surface area contributed by atoms with E-state index in [4.69, 9.17) is 18.6 Å². The van der Waals surface area contributed by atoms with E-state index in [9.17, 15) is 9.59 Å². The van der Waals surface area contributed by atoms with Gasteiger partial charge in [-0.15, -0.1) is 0 Å². The van der Waals surface area contributed by atoms with Crippen LogP contribution >= 0.6 is 0 Å². The Bertz CT molecular complexity index is 968. The average molecular weight is 368 g/mol. The maximum atomic E-state index is 12.3. The van der Waals surface area contributed by atoms with Crippen molar-refractivity contribution in [3.8, 4) is 11.5 Å². The Morgan fingerprint density at radius 1 is 1.04 bits per heavy atom. The minimum atomic E-state index is -0.679. The maximum absolute atomic E-state index is 12.3. The summed E-state index contributed by atoms with van der Waals surface area (Å²) in [5, 5.41) is 0.763. The number of rotatable bonds is 7. The van der Waals surface area contributed by atoms with Gasteiger partial charge in [-0.3, -0.25) is 4.79 Å². The van der Waals surface area contributed by atoms with Crippen molar-refractivity contribution in [2.24, 2.45) is 0 Å². The molecule has 0 amide bonds. The summed E-state index contributed by atoms with van der Waals surface area (Å²) in [6.07, 6.45) is 0. The Balaban J connectivity index is 1.69. The number of ketones is 1. The molecule has 140 valence electrons. The van der Waals surface area contributed by atoms with E-state index >= 15 is 0 Å². The Morgan fingerprint density at radius 3 is 2.41 bits per heavy atom. The first-order valence-electron chi connectivity index (χ1n) is 8.53. The summed E-state index contributed by atoms with van der Waals surface area (Å²) < 4.78 is 21.3. The van der Waals surface area contributed by atoms with Crippen molar-refractivity contribution in [1.82, 2.24) is 0 Å². The SMILES string of the molecule is CCOc1ccc(C(=O)COC(=O)c2oc3ccc(OC)cc3c2C)cc1. The lowest BCUT2D eigenvalue weighted by atomic mass is 10.1. The molecule has 1 aromatic heterocycles. The molecule has 2 aromatic carbocycles. The number of carbonyl (C=O) groups excluding carboxylic acids is 2. The highest BCUT2D eigenvalue weighted by molar-refractivity contribution is 6.00. The Hall–Kier alpha value is -3.28. The van der Waals surface area contributed by atoms with Crippen LogP contribution in [0.4, 0.5) is 0 Å². The molecule has 0 N–H and O–H groups in total. The second kappa shape index (κ2) is 7.95. The maximum Gasteiger partial charge on any atom is 0.375 e. The third kappa shape index (κ3) is 3.95.